The van der Waals surface area contributed by atoms with Crippen LogP contribution in [0.15, 0.2) is 0 Å². The largest absolute Gasteiger partial charge is 0.236 e. The van der Waals surface area contributed by atoms with Crippen molar-refractivity contribution < 1.29 is 5.11 Å². The molecular formula is C4H5Br2O. The Bertz CT molecular complexity index is 81.8. The zero-order chi connectivity index (χ0) is 5.49. The van der Waals surface area contributed by atoms with Crippen LogP contribution in [0.2, 0.25) is 0 Å². The Kier molecular flexibility index (Phi) is 1.47. The Labute approximate surface area is 59.4 Å². The van der Waals surface area contributed by atoms with Gasteiger partial charge in [-0.1, -0.05) is 31.9 Å². The second-order valence-corrected chi connectivity index (χ2v) is 5.72. The molecule has 0 heterocycles. The lowest BCUT2D eigenvalue weighted by Crippen LogP contribution is -1.90. The SMILES string of the molecule is [O]CC1CC1(Br)Br. The van der Waals surface area contributed by atoms with Crippen LogP contribution >= 0.6 is 31.9 Å². The van der Waals surface area contributed by atoms with Crippen molar-refractivity contribution in [2.45, 2.75) is 9.65 Å². The van der Waals surface area contributed by atoms with Crippen LogP contribution in [0.4, 0.5) is 0 Å². The van der Waals surface area contributed by atoms with Crippen LogP contribution in [0.3, 0.4) is 0 Å². The molecule has 0 saturated heterocycles. The van der Waals surface area contributed by atoms with Crippen LogP contribution in [-0.4, -0.2) is 9.84 Å². The van der Waals surface area contributed by atoms with E-state index in [2.05, 4.69) is 31.9 Å². The Morgan fingerprint density at radius 2 is 2.14 bits per heavy atom. The smallest absolute Gasteiger partial charge is 0.0872 e. The van der Waals surface area contributed by atoms with E-state index < -0.39 is 0 Å². The molecule has 0 aliphatic heterocycles. The van der Waals surface area contributed by atoms with E-state index in [1.807, 2.05) is 0 Å². The number of hydrogen-bond donors (Lipinski definition) is 0. The van der Waals surface area contributed by atoms with Crippen molar-refractivity contribution in [3.8, 4) is 0 Å². The first-order valence-corrected chi connectivity index (χ1v) is 3.71. The van der Waals surface area contributed by atoms with Gasteiger partial charge >= 0.3 is 0 Å². The molecule has 0 aromatic heterocycles. The van der Waals surface area contributed by atoms with E-state index in [1.165, 1.54) is 0 Å². The van der Waals surface area contributed by atoms with Crippen LogP contribution < -0.4 is 0 Å². The van der Waals surface area contributed by atoms with Gasteiger partial charge in [0.1, 0.15) is 0 Å². The Balaban J connectivity index is 2.30. The summed E-state index contributed by atoms with van der Waals surface area (Å²) in [7, 11) is 0. The summed E-state index contributed by atoms with van der Waals surface area (Å²) in [6.45, 7) is 0.0382. The van der Waals surface area contributed by atoms with Crippen LogP contribution in [0.25, 0.3) is 0 Å². The molecule has 0 spiro atoms. The highest BCUT2D eigenvalue weighted by molar-refractivity contribution is 9.25. The third-order valence-corrected chi connectivity index (χ3v) is 3.10. The molecule has 0 bridgehead atoms. The fourth-order valence-electron chi connectivity index (χ4n) is 0.450. The Morgan fingerprint density at radius 1 is 1.71 bits per heavy atom. The highest BCUT2D eigenvalue weighted by atomic mass is 79.9. The number of alkyl halides is 2. The third-order valence-electron chi connectivity index (χ3n) is 1.16. The van der Waals surface area contributed by atoms with Crippen molar-refractivity contribution in [2.75, 3.05) is 6.61 Å². The van der Waals surface area contributed by atoms with Gasteiger partial charge in [-0.05, 0) is 6.42 Å². The molecule has 1 unspecified atom stereocenters. The predicted molar refractivity (Wildman–Crippen MR) is 34.2 cm³/mol. The van der Waals surface area contributed by atoms with Crippen molar-refractivity contribution >= 4 is 31.9 Å². The first-order chi connectivity index (χ1) is 3.17. The third kappa shape index (κ3) is 1.18. The van der Waals surface area contributed by atoms with Gasteiger partial charge in [-0.15, -0.1) is 0 Å². The monoisotopic (exact) mass is 227 g/mol. The van der Waals surface area contributed by atoms with Gasteiger partial charge in [-0.3, -0.25) is 0 Å². The lowest BCUT2D eigenvalue weighted by molar-refractivity contribution is 0.179. The topological polar surface area (TPSA) is 19.9 Å². The molecule has 0 aromatic rings. The summed E-state index contributed by atoms with van der Waals surface area (Å²) in [6, 6.07) is 0. The minimum absolute atomic E-state index is 0.0295. The molecule has 1 saturated carbocycles. The van der Waals surface area contributed by atoms with E-state index >= 15 is 0 Å². The maximum absolute atomic E-state index is 10.0. The van der Waals surface area contributed by atoms with Gasteiger partial charge in [0, 0.05) is 5.92 Å². The molecule has 0 N–H and O–H groups in total. The molecule has 0 amide bonds. The minimum atomic E-state index is 0.0295. The average molecular weight is 229 g/mol. The predicted octanol–water partition coefficient (Wildman–Crippen LogP) is 1.92. The molecule has 0 aromatic carbocycles. The molecule has 1 fully saturated rings. The van der Waals surface area contributed by atoms with Crippen LogP contribution in [0.1, 0.15) is 6.42 Å². The summed E-state index contributed by atoms with van der Waals surface area (Å²) in [5.74, 6) is 0.326. The van der Waals surface area contributed by atoms with Crippen molar-refractivity contribution in [3.63, 3.8) is 0 Å². The second-order valence-electron chi connectivity index (χ2n) is 1.83. The van der Waals surface area contributed by atoms with Gasteiger partial charge in [-0.25, -0.2) is 5.11 Å². The number of hydrogen-bond acceptors (Lipinski definition) is 0. The standard InChI is InChI=1S/C4H5Br2O/c5-4(6)1-3(4)2-7/h3H,1-2H2. The summed E-state index contributed by atoms with van der Waals surface area (Å²) in [5, 5.41) is 10.0. The van der Waals surface area contributed by atoms with Crippen LogP contribution in [-0.2, 0) is 5.11 Å². The molecule has 1 atom stereocenters. The maximum atomic E-state index is 10.0. The van der Waals surface area contributed by atoms with E-state index in [9.17, 15) is 5.11 Å². The van der Waals surface area contributed by atoms with Gasteiger partial charge in [0.15, 0.2) is 0 Å². The summed E-state index contributed by atoms with van der Waals surface area (Å²) in [5.41, 5.74) is 0. The van der Waals surface area contributed by atoms with E-state index in [4.69, 9.17) is 0 Å². The van der Waals surface area contributed by atoms with Crippen molar-refractivity contribution in [1.29, 1.82) is 0 Å². The van der Waals surface area contributed by atoms with E-state index in [1.54, 1.807) is 0 Å². The zero-order valence-corrected chi connectivity index (χ0v) is 6.83. The number of halogens is 2. The summed E-state index contributed by atoms with van der Waals surface area (Å²) in [6.07, 6.45) is 0.983. The van der Waals surface area contributed by atoms with Gasteiger partial charge < -0.3 is 0 Å². The Morgan fingerprint density at radius 3 is 2.14 bits per heavy atom. The molecule has 1 radical (unpaired) electrons. The first kappa shape index (κ1) is 6.05. The lowest BCUT2D eigenvalue weighted by atomic mass is 10.5. The molecule has 41 valence electrons. The molecule has 1 aliphatic carbocycles. The zero-order valence-electron chi connectivity index (χ0n) is 3.66. The average Bonchev–Trinajstić information content (AvgIpc) is 2.13. The van der Waals surface area contributed by atoms with Crippen molar-refractivity contribution in [1.82, 2.24) is 0 Å². The first-order valence-electron chi connectivity index (χ1n) is 2.13. The van der Waals surface area contributed by atoms with Gasteiger partial charge in [-0.2, -0.15) is 0 Å². The lowest BCUT2D eigenvalue weighted by Gasteiger charge is -1.89. The molecule has 3 heteroatoms. The molecule has 7 heavy (non-hydrogen) atoms. The Hall–Kier alpha value is 0.920. The minimum Gasteiger partial charge on any atom is -0.236 e. The quantitative estimate of drug-likeness (QED) is 0.612. The second kappa shape index (κ2) is 1.71. The fraction of sp³-hybridized carbons (Fsp3) is 1.00. The van der Waals surface area contributed by atoms with Crippen molar-refractivity contribution in [2.24, 2.45) is 5.92 Å². The van der Waals surface area contributed by atoms with E-state index in [0.29, 0.717) is 5.92 Å². The van der Waals surface area contributed by atoms with Gasteiger partial charge in [0.2, 0.25) is 0 Å². The summed E-state index contributed by atoms with van der Waals surface area (Å²) in [4.78, 5) is 0. The van der Waals surface area contributed by atoms with E-state index in [-0.39, 0.29) is 9.84 Å². The molecule has 1 rings (SSSR count). The van der Waals surface area contributed by atoms with Crippen LogP contribution in [0.5, 0.6) is 0 Å². The van der Waals surface area contributed by atoms with Crippen LogP contribution in [0, 0.1) is 5.92 Å². The molecule has 1 aliphatic rings. The number of rotatable bonds is 1. The summed E-state index contributed by atoms with van der Waals surface area (Å²) < 4.78 is 0.0295. The van der Waals surface area contributed by atoms with Gasteiger partial charge in [0.05, 0.1) is 9.84 Å². The van der Waals surface area contributed by atoms with E-state index in [0.717, 1.165) is 6.42 Å². The van der Waals surface area contributed by atoms with Crippen molar-refractivity contribution in [3.05, 3.63) is 0 Å². The molecule has 1 nitrogen and oxygen atoms in total. The maximum Gasteiger partial charge on any atom is 0.0872 e. The highest BCUT2D eigenvalue weighted by Gasteiger charge is 2.49. The molecular weight excluding hydrogens is 224 g/mol. The normalized spacial score (nSPS) is 35.6. The van der Waals surface area contributed by atoms with Gasteiger partial charge in [0.25, 0.3) is 0 Å². The highest BCUT2D eigenvalue weighted by Crippen LogP contribution is 2.55. The summed E-state index contributed by atoms with van der Waals surface area (Å²) >= 11 is 6.66. The fourth-order valence-corrected chi connectivity index (χ4v) is 1.50.